The van der Waals surface area contributed by atoms with Crippen LogP contribution in [-0.2, 0) is 4.79 Å². The molecule has 1 aromatic rings. The molecule has 0 aliphatic rings. The lowest BCUT2D eigenvalue weighted by Crippen LogP contribution is -2.27. The number of nitrogens with two attached hydrogens (primary N) is 1. The molecule has 0 heterocycles. The van der Waals surface area contributed by atoms with Gasteiger partial charge in [-0.2, -0.15) is 0 Å². The van der Waals surface area contributed by atoms with Gasteiger partial charge >= 0.3 is 0 Å². The van der Waals surface area contributed by atoms with Crippen molar-refractivity contribution in [1.29, 1.82) is 0 Å². The first-order valence-corrected chi connectivity index (χ1v) is 4.70. The molecule has 4 heteroatoms. The first kappa shape index (κ1) is 11.4. The number of benzene rings is 1. The molecule has 15 heavy (non-hydrogen) atoms. The highest BCUT2D eigenvalue weighted by molar-refractivity contribution is 5.77. The van der Waals surface area contributed by atoms with Crippen LogP contribution in [0, 0.1) is 6.92 Å². The predicted molar refractivity (Wildman–Crippen MR) is 59.8 cm³/mol. The summed E-state index contributed by atoms with van der Waals surface area (Å²) in [4.78, 5) is 12.8. The van der Waals surface area contributed by atoms with Crippen molar-refractivity contribution in [3.8, 4) is 5.75 Å². The Bertz CT molecular complexity index is 362. The van der Waals surface area contributed by atoms with Crippen molar-refractivity contribution in [2.45, 2.75) is 6.92 Å². The van der Waals surface area contributed by atoms with Gasteiger partial charge in [0.05, 0.1) is 5.69 Å². The number of anilines is 1. The zero-order valence-corrected chi connectivity index (χ0v) is 9.28. The molecule has 2 N–H and O–H groups in total. The number of nitrogens with zero attached hydrogens (tertiary/aromatic N) is 1. The van der Waals surface area contributed by atoms with Crippen LogP contribution in [0.3, 0.4) is 0 Å². The highest BCUT2D eigenvalue weighted by atomic mass is 16.5. The summed E-state index contributed by atoms with van der Waals surface area (Å²) in [7, 11) is 3.37. The van der Waals surface area contributed by atoms with E-state index in [4.69, 9.17) is 10.5 Å². The maximum atomic E-state index is 11.3. The number of carbonyl (C=O) groups is 1. The third kappa shape index (κ3) is 3.16. The second kappa shape index (κ2) is 4.68. The molecular formula is C11H16N2O2. The summed E-state index contributed by atoms with van der Waals surface area (Å²) in [5, 5.41) is 0. The number of ether oxygens (including phenoxy) is 1. The Balaban J connectivity index is 2.65. The largest absolute Gasteiger partial charge is 0.482 e. The predicted octanol–water partition coefficient (Wildman–Crippen LogP) is 1.04. The lowest BCUT2D eigenvalue weighted by atomic mass is 10.2. The second-order valence-electron chi connectivity index (χ2n) is 3.62. The fraction of sp³-hybridized carbons (Fsp3) is 0.364. The number of hydrogen-bond acceptors (Lipinski definition) is 3. The van der Waals surface area contributed by atoms with E-state index in [2.05, 4.69) is 0 Å². The quantitative estimate of drug-likeness (QED) is 0.755. The molecule has 0 aliphatic carbocycles. The van der Waals surface area contributed by atoms with Gasteiger partial charge in [-0.1, -0.05) is 6.07 Å². The fourth-order valence-corrected chi connectivity index (χ4v) is 1.04. The molecule has 82 valence electrons. The van der Waals surface area contributed by atoms with E-state index in [9.17, 15) is 4.79 Å². The van der Waals surface area contributed by atoms with Crippen LogP contribution in [0.4, 0.5) is 5.69 Å². The van der Waals surface area contributed by atoms with E-state index in [1.165, 1.54) is 4.90 Å². The summed E-state index contributed by atoms with van der Waals surface area (Å²) < 4.78 is 5.32. The third-order valence-electron chi connectivity index (χ3n) is 2.02. The lowest BCUT2D eigenvalue weighted by Gasteiger charge is -2.12. The van der Waals surface area contributed by atoms with Gasteiger partial charge in [0.1, 0.15) is 5.75 Å². The number of hydrogen-bond donors (Lipinski definition) is 1. The van der Waals surface area contributed by atoms with E-state index in [0.29, 0.717) is 11.4 Å². The number of likely N-dealkylation sites (N-methyl/N-ethyl adjacent to an activating group) is 1. The van der Waals surface area contributed by atoms with Crippen molar-refractivity contribution in [2.75, 3.05) is 26.4 Å². The van der Waals surface area contributed by atoms with E-state index < -0.39 is 0 Å². The summed E-state index contributed by atoms with van der Waals surface area (Å²) >= 11 is 0. The maximum absolute atomic E-state index is 11.3. The Labute approximate surface area is 89.6 Å². The van der Waals surface area contributed by atoms with Crippen molar-refractivity contribution >= 4 is 11.6 Å². The normalized spacial score (nSPS) is 9.80. The van der Waals surface area contributed by atoms with Crippen molar-refractivity contribution in [2.24, 2.45) is 0 Å². The molecule has 0 spiro atoms. The van der Waals surface area contributed by atoms with Crippen LogP contribution in [0.25, 0.3) is 0 Å². The monoisotopic (exact) mass is 208 g/mol. The zero-order valence-electron chi connectivity index (χ0n) is 9.28. The van der Waals surface area contributed by atoms with Crippen LogP contribution in [0.5, 0.6) is 5.75 Å². The standard InChI is InChI=1S/C11H16N2O2/c1-8-4-5-9(12)10(6-8)15-7-11(14)13(2)3/h4-6H,7,12H2,1-3H3. The van der Waals surface area contributed by atoms with Gasteiger partial charge in [0.2, 0.25) is 0 Å². The fourth-order valence-electron chi connectivity index (χ4n) is 1.04. The summed E-state index contributed by atoms with van der Waals surface area (Å²) in [5.41, 5.74) is 7.30. The van der Waals surface area contributed by atoms with Crippen molar-refractivity contribution < 1.29 is 9.53 Å². The first-order chi connectivity index (χ1) is 7.00. The minimum absolute atomic E-state index is 0.0145. The molecule has 0 saturated heterocycles. The van der Waals surface area contributed by atoms with Crippen LogP contribution < -0.4 is 10.5 Å². The van der Waals surface area contributed by atoms with E-state index in [1.54, 1.807) is 20.2 Å². The highest BCUT2D eigenvalue weighted by Crippen LogP contribution is 2.22. The van der Waals surface area contributed by atoms with Crippen molar-refractivity contribution in [3.63, 3.8) is 0 Å². The lowest BCUT2D eigenvalue weighted by molar-refractivity contribution is -0.130. The van der Waals surface area contributed by atoms with Crippen LogP contribution in [-0.4, -0.2) is 31.5 Å². The Morgan fingerprint density at radius 3 is 2.73 bits per heavy atom. The van der Waals surface area contributed by atoms with Crippen LogP contribution in [0.1, 0.15) is 5.56 Å². The van der Waals surface area contributed by atoms with Crippen LogP contribution in [0.2, 0.25) is 0 Å². The summed E-state index contributed by atoms with van der Waals surface area (Å²) in [6.07, 6.45) is 0. The average molecular weight is 208 g/mol. The number of nitrogen functional groups attached to an aromatic ring is 1. The SMILES string of the molecule is Cc1ccc(N)c(OCC(=O)N(C)C)c1. The van der Waals surface area contributed by atoms with E-state index in [1.807, 2.05) is 19.1 Å². The smallest absolute Gasteiger partial charge is 0.259 e. The van der Waals surface area contributed by atoms with Gasteiger partial charge in [0, 0.05) is 14.1 Å². The first-order valence-electron chi connectivity index (χ1n) is 4.70. The number of aryl methyl sites for hydroxylation is 1. The molecule has 0 aliphatic heterocycles. The summed E-state index contributed by atoms with van der Waals surface area (Å²) in [6.45, 7) is 1.96. The van der Waals surface area contributed by atoms with Crippen molar-refractivity contribution in [3.05, 3.63) is 23.8 Å². The van der Waals surface area contributed by atoms with Gasteiger partial charge in [0.15, 0.2) is 6.61 Å². The number of amides is 1. The molecule has 0 fully saturated rings. The molecule has 0 unspecified atom stereocenters. The molecular weight excluding hydrogens is 192 g/mol. The topological polar surface area (TPSA) is 55.6 Å². The molecule has 4 nitrogen and oxygen atoms in total. The molecule has 1 amide bonds. The molecule has 1 aromatic carbocycles. The van der Waals surface area contributed by atoms with Gasteiger partial charge in [-0.25, -0.2) is 0 Å². The number of carbonyl (C=O) groups excluding carboxylic acids is 1. The highest BCUT2D eigenvalue weighted by Gasteiger charge is 2.06. The van der Waals surface area contributed by atoms with Crippen molar-refractivity contribution in [1.82, 2.24) is 4.90 Å². The molecule has 0 radical (unpaired) electrons. The summed E-state index contributed by atoms with van der Waals surface area (Å²) in [5.74, 6) is 0.473. The number of rotatable bonds is 3. The Hall–Kier alpha value is -1.71. The van der Waals surface area contributed by atoms with E-state index >= 15 is 0 Å². The molecule has 0 aromatic heterocycles. The van der Waals surface area contributed by atoms with Crippen LogP contribution >= 0.6 is 0 Å². The minimum atomic E-state index is -0.0871. The Kier molecular flexibility index (Phi) is 3.55. The zero-order chi connectivity index (χ0) is 11.4. The molecule has 1 rings (SSSR count). The summed E-state index contributed by atoms with van der Waals surface area (Å²) in [6, 6.07) is 5.49. The van der Waals surface area contributed by atoms with Gasteiger partial charge in [0.25, 0.3) is 5.91 Å². The van der Waals surface area contributed by atoms with E-state index in [0.717, 1.165) is 5.56 Å². The van der Waals surface area contributed by atoms with E-state index in [-0.39, 0.29) is 12.5 Å². The molecule has 0 saturated carbocycles. The van der Waals surface area contributed by atoms with Gasteiger partial charge in [-0.3, -0.25) is 4.79 Å². The Morgan fingerprint density at radius 2 is 2.13 bits per heavy atom. The van der Waals surface area contributed by atoms with Gasteiger partial charge in [-0.05, 0) is 24.6 Å². The minimum Gasteiger partial charge on any atom is -0.482 e. The van der Waals surface area contributed by atoms with Gasteiger partial charge < -0.3 is 15.4 Å². The van der Waals surface area contributed by atoms with Gasteiger partial charge in [-0.15, -0.1) is 0 Å². The Morgan fingerprint density at radius 1 is 1.47 bits per heavy atom. The average Bonchev–Trinajstić information content (AvgIpc) is 2.18. The van der Waals surface area contributed by atoms with Crippen LogP contribution in [0.15, 0.2) is 18.2 Å². The third-order valence-corrected chi connectivity index (χ3v) is 2.02. The molecule has 0 bridgehead atoms. The molecule has 0 atom stereocenters. The maximum Gasteiger partial charge on any atom is 0.259 e. The second-order valence-corrected chi connectivity index (χ2v) is 3.62.